The van der Waals surface area contributed by atoms with E-state index in [1.54, 1.807) is 0 Å². The molecule has 156 valence electrons. The number of esters is 1. The summed E-state index contributed by atoms with van der Waals surface area (Å²) in [6, 6.07) is 15.9. The molecule has 0 amide bonds. The molecule has 0 bridgehead atoms. The third-order valence-electron chi connectivity index (χ3n) is 6.41. The first-order chi connectivity index (χ1) is 14.6. The van der Waals surface area contributed by atoms with Crippen molar-refractivity contribution in [1.29, 1.82) is 0 Å². The van der Waals surface area contributed by atoms with E-state index in [2.05, 4.69) is 18.0 Å². The summed E-state index contributed by atoms with van der Waals surface area (Å²) in [6.07, 6.45) is 4.27. The third-order valence-corrected chi connectivity index (χ3v) is 6.41. The summed E-state index contributed by atoms with van der Waals surface area (Å²) in [5, 5.41) is 0.990. The normalized spacial score (nSPS) is 20.1. The van der Waals surface area contributed by atoms with Crippen molar-refractivity contribution >= 4 is 22.7 Å². The van der Waals surface area contributed by atoms with Crippen LogP contribution in [-0.4, -0.2) is 36.9 Å². The zero-order chi connectivity index (χ0) is 21.1. The zero-order valence-electron chi connectivity index (χ0n) is 17.6. The maximum Gasteiger partial charge on any atom is 0.309 e. The van der Waals surface area contributed by atoms with Gasteiger partial charge in [-0.25, -0.2) is 0 Å². The second-order valence-electron chi connectivity index (χ2n) is 8.06. The average molecular weight is 406 g/mol. The number of para-hydroxylation sites is 1. The van der Waals surface area contributed by atoms with Crippen LogP contribution in [0.1, 0.15) is 47.3 Å². The lowest BCUT2D eigenvalue weighted by Gasteiger charge is -2.33. The number of H-pyrrole nitrogens is 1. The minimum absolute atomic E-state index is 0.0644. The number of carbonyl (C=O) groups excluding carboxylic acids is 2. The highest BCUT2D eigenvalue weighted by Crippen LogP contribution is 2.26. The van der Waals surface area contributed by atoms with Gasteiger partial charge in [0.15, 0.2) is 6.04 Å². The van der Waals surface area contributed by atoms with Crippen molar-refractivity contribution in [3.63, 3.8) is 0 Å². The van der Waals surface area contributed by atoms with Gasteiger partial charge in [-0.15, -0.1) is 0 Å². The molecule has 4 rings (SSSR count). The summed E-state index contributed by atoms with van der Waals surface area (Å²) in [5.74, 6) is -0.0712. The van der Waals surface area contributed by atoms with Gasteiger partial charge in [-0.1, -0.05) is 55.5 Å². The predicted molar refractivity (Wildman–Crippen MR) is 117 cm³/mol. The van der Waals surface area contributed by atoms with E-state index in [-0.39, 0.29) is 23.7 Å². The molecule has 1 aromatic heterocycles. The molecule has 2 heterocycles. The Morgan fingerprint density at radius 3 is 2.50 bits per heavy atom. The fourth-order valence-electron chi connectivity index (χ4n) is 4.77. The highest BCUT2D eigenvalue weighted by molar-refractivity contribution is 6.10. The monoisotopic (exact) mass is 405 g/mol. The summed E-state index contributed by atoms with van der Waals surface area (Å²) in [6.45, 7) is 3.67. The van der Waals surface area contributed by atoms with Crippen molar-refractivity contribution in [2.24, 2.45) is 5.92 Å². The van der Waals surface area contributed by atoms with E-state index in [4.69, 9.17) is 4.74 Å². The number of aromatic nitrogens is 1. The number of ketones is 1. The van der Waals surface area contributed by atoms with Crippen LogP contribution in [0.4, 0.5) is 0 Å². The number of Topliss-reactive ketones (excluding diaryl/α,β-unsaturated/α-hetero) is 1. The first kappa shape index (κ1) is 20.4. The minimum Gasteiger partial charge on any atom is -0.469 e. The molecule has 0 spiro atoms. The molecule has 0 unspecified atom stereocenters. The molecule has 2 aromatic carbocycles. The smallest absolute Gasteiger partial charge is 0.309 e. The molecule has 30 heavy (non-hydrogen) atoms. The number of carbonyl (C=O) groups is 2. The molecule has 3 aromatic rings. The first-order valence-electron chi connectivity index (χ1n) is 10.7. The Morgan fingerprint density at radius 2 is 1.83 bits per heavy atom. The number of piperidine rings is 1. The van der Waals surface area contributed by atoms with Gasteiger partial charge in [-0.05, 0) is 12.0 Å². The Morgan fingerprint density at radius 1 is 1.10 bits per heavy atom. The van der Waals surface area contributed by atoms with Gasteiger partial charge in [-0.3, -0.25) is 9.59 Å². The Kier molecular flexibility index (Phi) is 6.00. The summed E-state index contributed by atoms with van der Waals surface area (Å²) < 4.78 is 4.93. The van der Waals surface area contributed by atoms with Gasteiger partial charge in [0.2, 0.25) is 5.78 Å². The van der Waals surface area contributed by atoms with Gasteiger partial charge in [0.25, 0.3) is 0 Å². The van der Waals surface area contributed by atoms with E-state index >= 15 is 0 Å². The Bertz CT molecular complexity index is 1030. The highest BCUT2D eigenvalue weighted by Gasteiger charge is 2.37. The molecule has 1 aliphatic heterocycles. The Hall–Kier alpha value is -2.92. The fourth-order valence-corrected chi connectivity index (χ4v) is 4.77. The van der Waals surface area contributed by atoms with Crippen LogP contribution in [0.2, 0.25) is 0 Å². The number of aryl methyl sites for hydroxylation is 1. The standard InChI is InChI=1S/C25H28N2O3/c1-3-17-10-7-11-20-21(16-26-22(17)20)24(28)23(18-8-5-4-6-9-18)27-14-12-19(13-15-27)25(29)30-2/h4-11,16,19,23,26H,3,12-15H2,1-2H3/p+1/t23-/m0/s1. The number of rotatable bonds is 6. The minimum atomic E-state index is -0.283. The molecule has 1 atom stereocenters. The first-order valence-corrected chi connectivity index (χ1v) is 10.7. The lowest BCUT2D eigenvalue weighted by atomic mass is 9.90. The summed E-state index contributed by atoms with van der Waals surface area (Å²) >= 11 is 0. The van der Waals surface area contributed by atoms with E-state index in [0.717, 1.165) is 54.4 Å². The van der Waals surface area contributed by atoms with Crippen molar-refractivity contribution in [2.75, 3.05) is 20.2 Å². The number of hydrogen-bond acceptors (Lipinski definition) is 3. The molecule has 1 saturated heterocycles. The maximum atomic E-state index is 13.9. The summed E-state index contributed by atoms with van der Waals surface area (Å²) in [7, 11) is 1.44. The molecule has 1 fully saturated rings. The van der Waals surface area contributed by atoms with Crippen LogP contribution < -0.4 is 4.90 Å². The van der Waals surface area contributed by atoms with Crippen LogP contribution >= 0.6 is 0 Å². The Labute approximate surface area is 177 Å². The molecule has 0 radical (unpaired) electrons. The van der Waals surface area contributed by atoms with E-state index < -0.39 is 0 Å². The fraction of sp³-hybridized carbons (Fsp3) is 0.360. The van der Waals surface area contributed by atoms with E-state index in [1.807, 2.05) is 48.7 Å². The van der Waals surface area contributed by atoms with Gasteiger partial charge in [0.1, 0.15) is 0 Å². The number of quaternary nitrogens is 1. The molecule has 1 aliphatic rings. The average Bonchev–Trinajstić information content (AvgIpc) is 3.24. The van der Waals surface area contributed by atoms with Crippen LogP contribution in [0.5, 0.6) is 0 Å². The lowest BCUT2D eigenvalue weighted by Crippen LogP contribution is -3.14. The van der Waals surface area contributed by atoms with E-state index in [1.165, 1.54) is 17.6 Å². The number of fused-ring (bicyclic) bond motifs is 1. The largest absolute Gasteiger partial charge is 0.469 e. The molecular weight excluding hydrogens is 376 g/mol. The second kappa shape index (κ2) is 8.84. The highest BCUT2D eigenvalue weighted by atomic mass is 16.5. The van der Waals surface area contributed by atoms with Crippen LogP contribution in [0.3, 0.4) is 0 Å². The van der Waals surface area contributed by atoms with Gasteiger partial charge in [-0.2, -0.15) is 0 Å². The van der Waals surface area contributed by atoms with Crippen molar-refractivity contribution < 1.29 is 19.2 Å². The van der Waals surface area contributed by atoms with E-state index in [9.17, 15) is 9.59 Å². The summed E-state index contributed by atoms with van der Waals surface area (Å²) in [5.41, 5.74) is 4.04. The van der Waals surface area contributed by atoms with Crippen molar-refractivity contribution in [3.05, 3.63) is 71.4 Å². The molecule has 5 heteroatoms. The third kappa shape index (κ3) is 3.77. The number of methoxy groups -OCH3 is 1. The predicted octanol–water partition coefficient (Wildman–Crippen LogP) is 3.12. The van der Waals surface area contributed by atoms with Gasteiger partial charge in [0, 0.05) is 41.1 Å². The van der Waals surface area contributed by atoms with Crippen LogP contribution in [0.25, 0.3) is 10.9 Å². The SMILES string of the molecule is CCc1cccc2c(C(=O)[C@H](c3ccccc3)[NH+]3CCC(C(=O)OC)CC3)c[nH]c12. The molecular formula is C25H29N2O3+. The Balaban J connectivity index is 1.68. The number of ether oxygens (including phenoxy) is 1. The molecule has 0 aliphatic carbocycles. The second-order valence-corrected chi connectivity index (χ2v) is 8.06. The van der Waals surface area contributed by atoms with Crippen molar-refractivity contribution in [3.8, 4) is 0 Å². The van der Waals surface area contributed by atoms with Crippen molar-refractivity contribution in [1.82, 2.24) is 4.98 Å². The molecule has 0 saturated carbocycles. The number of hydrogen-bond donors (Lipinski definition) is 2. The zero-order valence-corrected chi connectivity index (χ0v) is 17.6. The van der Waals surface area contributed by atoms with Crippen LogP contribution in [0.15, 0.2) is 54.7 Å². The van der Waals surface area contributed by atoms with Gasteiger partial charge >= 0.3 is 5.97 Å². The number of likely N-dealkylation sites (tertiary alicyclic amines) is 1. The molecule has 2 N–H and O–H groups in total. The quantitative estimate of drug-likeness (QED) is 0.489. The van der Waals surface area contributed by atoms with Crippen molar-refractivity contribution in [2.45, 2.75) is 32.2 Å². The number of nitrogens with one attached hydrogen (secondary N) is 2. The van der Waals surface area contributed by atoms with Crippen LogP contribution in [0, 0.1) is 5.92 Å². The lowest BCUT2D eigenvalue weighted by molar-refractivity contribution is -0.926. The topological polar surface area (TPSA) is 63.6 Å². The van der Waals surface area contributed by atoms with Crippen LogP contribution in [-0.2, 0) is 16.0 Å². The van der Waals surface area contributed by atoms with Gasteiger partial charge in [0.05, 0.1) is 26.1 Å². The number of benzene rings is 2. The van der Waals surface area contributed by atoms with Gasteiger partial charge < -0.3 is 14.6 Å². The molecule has 5 nitrogen and oxygen atoms in total. The van der Waals surface area contributed by atoms with E-state index in [0.29, 0.717) is 0 Å². The number of aromatic amines is 1. The summed E-state index contributed by atoms with van der Waals surface area (Å²) in [4.78, 5) is 30.3. The maximum absolute atomic E-state index is 13.9.